The van der Waals surface area contributed by atoms with Crippen LogP contribution in [0.5, 0.6) is 0 Å². The van der Waals surface area contributed by atoms with Crippen molar-refractivity contribution in [1.82, 2.24) is 9.88 Å². The number of benzene rings is 1. The second kappa shape index (κ2) is 7.26. The van der Waals surface area contributed by atoms with Gasteiger partial charge >= 0.3 is 5.97 Å². The molecular formula is C19H18N2O5. The number of aromatic nitrogens is 1. The highest BCUT2D eigenvalue weighted by atomic mass is 16.5. The molecule has 3 aromatic rings. The number of carbonyl (C=O) groups is 2. The number of furan rings is 1. The maximum atomic E-state index is 12.3. The Kier molecular flexibility index (Phi) is 4.88. The molecule has 0 radical (unpaired) electrons. The Hall–Kier alpha value is -3.35. The molecule has 7 nitrogen and oxygen atoms in total. The van der Waals surface area contributed by atoms with Gasteiger partial charge in [0.05, 0.1) is 18.7 Å². The van der Waals surface area contributed by atoms with Crippen LogP contribution in [-0.4, -0.2) is 23.6 Å². The number of methoxy groups -OCH3 is 1. The van der Waals surface area contributed by atoms with Crippen LogP contribution in [0.4, 0.5) is 0 Å². The first-order valence-electron chi connectivity index (χ1n) is 8.04. The highest BCUT2D eigenvalue weighted by Crippen LogP contribution is 2.23. The first kappa shape index (κ1) is 17.5. The summed E-state index contributed by atoms with van der Waals surface area (Å²) in [6.07, 6.45) is 1.31. The molecule has 0 saturated carbocycles. The molecule has 0 unspecified atom stereocenters. The molecule has 0 aliphatic rings. The fourth-order valence-electron chi connectivity index (χ4n) is 2.62. The highest BCUT2D eigenvalue weighted by molar-refractivity contribution is 5.89. The van der Waals surface area contributed by atoms with E-state index in [1.54, 1.807) is 6.92 Å². The van der Waals surface area contributed by atoms with E-state index >= 15 is 0 Å². The Balaban J connectivity index is 1.72. The molecule has 2 heterocycles. The molecule has 0 bridgehead atoms. The van der Waals surface area contributed by atoms with Gasteiger partial charge in [-0.25, -0.2) is 4.79 Å². The number of ether oxygens (including phenoxy) is 1. The van der Waals surface area contributed by atoms with E-state index in [2.05, 4.69) is 10.1 Å². The third-order valence-electron chi connectivity index (χ3n) is 3.97. The Bertz CT molecular complexity index is 985. The molecule has 0 fully saturated rings. The predicted octanol–water partition coefficient (Wildman–Crippen LogP) is 2.26. The summed E-state index contributed by atoms with van der Waals surface area (Å²) in [4.78, 5) is 35.7. The van der Waals surface area contributed by atoms with Gasteiger partial charge in [0.25, 0.3) is 5.56 Å². The summed E-state index contributed by atoms with van der Waals surface area (Å²) in [7, 11) is 1.25. The van der Waals surface area contributed by atoms with Gasteiger partial charge in [-0.1, -0.05) is 18.2 Å². The fourth-order valence-corrected chi connectivity index (χ4v) is 2.62. The fraction of sp³-hybridized carbons (Fsp3) is 0.211. The highest BCUT2D eigenvalue weighted by Gasteiger charge is 2.15. The van der Waals surface area contributed by atoms with Crippen molar-refractivity contribution in [2.24, 2.45) is 0 Å². The summed E-state index contributed by atoms with van der Waals surface area (Å²) in [5.74, 6) is -0.327. The van der Waals surface area contributed by atoms with Crippen LogP contribution in [0.1, 0.15) is 29.1 Å². The summed E-state index contributed by atoms with van der Waals surface area (Å²) in [6, 6.07) is 11.6. The van der Waals surface area contributed by atoms with E-state index in [1.165, 1.54) is 25.4 Å². The van der Waals surface area contributed by atoms with Gasteiger partial charge in [-0.2, -0.15) is 0 Å². The second-order valence-corrected chi connectivity index (χ2v) is 5.85. The molecule has 2 aromatic heterocycles. The number of rotatable bonds is 5. The SMILES string of the molecule is COC(=O)c1ccc(=O)n(CC(=O)N[C@H](C)c2cc3ccccc3o2)c1. The lowest BCUT2D eigenvalue weighted by Crippen LogP contribution is -2.33. The van der Waals surface area contributed by atoms with E-state index < -0.39 is 5.97 Å². The van der Waals surface area contributed by atoms with Crippen molar-refractivity contribution in [2.75, 3.05) is 7.11 Å². The number of nitrogens with one attached hydrogen (secondary N) is 1. The maximum Gasteiger partial charge on any atom is 0.339 e. The van der Waals surface area contributed by atoms with Crippen molar-refractivity contribution in [3.05, 3.63) is 70.3 Å². The van der Waals surface area contributed by atoms with Crippen molar-refractivity contribution in [3.63, 3.8) is 0 Å². The van der Waals surface area contributed by atoms with Crippen molar-refractivity contribution >= 4 is 22.8 Å². The number of pyridine rings is 1. The molecule has 0 spiro atoms. The van der Waals surface area contributed by atoms with E-state index in [0.29, 0.717) is 5.76 Å². The van der Waals surface area contributed by atoms with Crippen molar-refractivity contribution in [3.8, 4) is 0 Å². The van der Waals surface area contributed by atoms with Crippen LogP contribution in [0.25, 0.3) is 11.0 Å². The Labute approximate surface area is 149 Å². The van der Waals surface area contributed by atoms with E-state index in [-0.39, 0.29) is 29.6 Å². The lowest BCUT2D eigenvalue weighted by molar-refractivity contribution is -0.122. The monoisotopic (exact) mass is 354 g/mol. The second-order valence-electron chi connectivity index (χ2n) is 5.85. The molecule has 134 valence electrons. The zero-order chi connectivity index (χ0) is 18.7. The maximum absolute atomic E-state index is 12.3. The minimum Gasteiger partial charge on any atom is -0.465 e. The number of hydrogen-bond acceptors (Lipinski definition) is 5. The summed E-state index contributed by atoms with van der Waals surface area (Å²) >= 11 is 0. The molecular weight excluding hydrogens is 336 g/mol. The van der Waals surface area contributed by atoms with Gasteiger partial charge in [-0.3, -0.25) is 9.59 Å². The van der Waals surface area contributed by atoms with E-state index in [1.807, 2.05) is 30.3 Å². The lowest BCUT2D eigenvalue weighted by Gasteiger charge is -2.12. The lowest BCUT2D eigenvalue weighted by atomic mass is 10.2. The predicted molar refractivity (Wildman–Crippen MR) is 94.8 cm³/mol. The van der Waals surface area contributed by atoms with Crippen LogP contribution in [0.3, 0.4) is 0 Å². The molecule has 7 heteroatoms. The Morgan fingerprint density at radius 2 is 2.00 bits per heavy atom. The number of para-hydroxylation sites is 1. The zero-order valence-electron chi connectivity index (χ0n) is 14.4. The van der Waals surface area contributed by atoms with Gasteiger partial charge in [0.2, 0.25) is 5.91 Å². The number of esters is 1. The molecule has 1 N–H and O–H groups in total. The van der Waals surface area contributed by atoms with Crippen LogP contribution in [0, 0.1) is 0 Å². The summed E-state index contributed by atoms with van der Waals surface area (Å²) in [5, 5.41) is 3.74. The third kappa shape index (κ3) is 3.66. The summed E-state index contributed by atoms with van der Waals surface area (Å²) in [5.41, 5.74) is 0.556. The van der Waals surface area contributed by atoms with E-state index in [9.17, 15) is 14.4 Å². The van der Waals surface area contributed by atoms with Gasteiger partial charge < -0.3 is 19.0 Å². The molecule has 26 heavy (non-hydrogen) atoms. The van der Waals surface area contributed by atoms with E-state index in [4.69, 9.17) is 4.42 Å². The summed E-state index contributed by atoms with van der Waals surface area (Å²) < 4.78 is 11.5. The normalized spacial score (nSPS) is 11.9. The first-order chi connectivity index (χ1) is 12.5. The standard InChI is InChI=1S/C19H18N2O5/c1-12(16-9-13-5-3-4-6-15(13)26-16)20-17(22)11-21-10-14(19(24)25-2)7-8-18(21)23/h3-10,12H,11H2,1-2H3,(H,20,22)/t12-/m1/s1. The average molecular weight is 354 g/mol. The number of carbonyl (C=O) groups excluding carboxylic acids is 2. The topological polar surface area (TPSA) is 90.5 Å². The minimum atomic E-state index is -0.574. The van der Waals surface area contributed by atoms with Crippen molar-refractivity contribution < 1.29 is 18.7 Å². The van der Waals surface area contributed by atoms with Crippen LogP contribution < -0.4 is 10.9 Å². The van der Waals surface area contributed by atoms with Gasteiger partial charge in [-0.15, -0.1) is 0 Å². The van der Waals surface area contributed by atoms with Crippen LogP contribution in [0.2, 0.25) is 0 Å². The van der Waals surface area contributed by atoms with Gasteiger partial charge in [0.1, 0.15) is 17.9 Å². The number of amides is 1. The smallest absolute Gasteiger partial charge is 0.339 e. The zero-order valence-corrected chi connectivity index (χ0v) is 14.4. The van der Waals surface area contributed by atoms with Crippen molar-refractivity contribution in [1.29, 1.82) is 0 Å². The third-order valence-corrected chi connectivity index (χ3v) is 3.97. The van der Waals surface area contributed by atoms with Crippen molar-refractivity contribution in [2.45, 2.75) is 19.5 Å². The molecule has 1 amide bonds. The average Bonchev–Trinajstić information content (AvgIpc) is 3.07. The summed E-state index contributed by atoms with van der Waals surface area (Å²) in [6.45, 7) is 1.58. The quantitative estimate of drug-likeness (QED) is 0.710. The number of fused-ring (bicyclic) bond motifs is 1. The van der Waals surface area contributed by atoms with E-state index in [0.717, 1.165) is 15.5 Å². The number of nitrogens with zero attached hydrogens (tertiary/aromatic N) is 1. The minimum absolute atomic E-state index is 0.199. The largest absolute Gasteiger partial charge is 0.465 e. The Morgan fingerprint density at radius 3 is 2.73 bits per heavy atom. The van der Waals surface area contributed by atoms with Gasteiger partial charge in [-0.05, 0) is 25.1 Å². The molecule has 1 aromatic carbocycles. The van der Waals surface area contributed by atoms with Crippen LogP contribution in [-0.2, 0) is 16.1 Å². The molecule has 0 saturated heterocycles. The van der Waals surface area contributed by atoms with Crippen LogP contribution in [0.15, 0.2) is 57.9 Å². The van der Waals surface area contributed by atoms with Crippen LogP contribution >= 0.6 is 0 Å². The van der Waals surface area contributed by atoms with Gasteiger partial charge in [0, 0.05) is 17.6 Å². The number of hydrogen-bond donors (Lipinski definition) is 1. The Morgan fingerprint density at radius 1 is 1.23 bits per heavy atom. The molecule has 0 aliphatic carbocycles. The van der Waals surface area contributed by atoms with Gasteiger partial charge in [0.15, 0.2) is 0 Å². The molecule has 3 rings (SSSR count). The molecule has 1 atom stereocenters. The first-order valence-corrected chi connectivity index (χ1v) is 8.04. The molecule has 0 aliphatic heterocycles.